The highest BCUT2D eigenvalue weighted by Gasteiger charge is 2.24. The molecule has 0 spiro atoms. The van der Waals surface area contributed by atoms with Crippen molar-refractivity contribution in [2.45, 2.75) is 12.8 Å². The summed E-state index contributed by atoms with van der Waals surface area (Å²) in [5.41, 5.74) is 3.50. The molecule has 33 heavy (non-hydrogen) atoms. The summed E-state index contributed by atoms with van der Waals surface area (Å²) in [4.78, 5) is 18.3. The van der Waals surface area contributed by atoms with Gasteiger partial charge >= 0.3 is 0 Å². The van der Waals surface area contributed by atoms with Crippen molar-refractivity contribution in [1.29, 1.82) is 0 Å². The highest BCUT2D eigenvalue weighted by Crippen LogP contribution is 2.31. The van der Waals surface area contributed by atoms with Crippen molar-refractivity contribution in [2.75, 3.05) is 12.4 Å². The maximum Gasteiger partial charge on any atom is 0.237 e. The first-order valence-corrected chi connectivity index (χ1v) is 11.4. The molecule has 0 aliphatic heterocycles. The van der Waals surface area contributed by atoms with Gasteiger partial charge in [-0.3, -0.25) is 4.79 Å². The van der Waals surface area contributed by atoms with Crippen molar-refractivity contribution < 1.29 is 9.53 Å². The molecule has 7 heteroatoms. The number of thiazole rings is 1. The number of carbonyl (C=O) groups excluding carboxylic acids is 1. The van der Waals surface area contributed by atoms with Gasteiger partial charge in [-0.25, -0.2) is 4.98 Å². The zero-order valence-electron chi connectivity index (χ0n) is 18.2. The Morgan fingerprint density at radius 3 is 2.27 bits per heavy atom. The third kappa shape index (κ3) is 4.23. The van der Waals surface area contributed by atoms with Gasteiger partial charge in [0.05, 0.1) is 28.9 Å². The van der Waals surface area contributed by atoms with E-state index in [1.54, 1.807) is 11.8 Å². The molecule has 6 nitrogen and oxygen atoms in total. The summed E-state index contributed by atoms with van der Waals surface area (Å²) in [6.07, 6.45) is 0. The lowest BCUT2D eigenvalue weighted by molar-refractivity contribution is -0.116. The van der Waals surface area contributed by atoms with Crippen molar-refractivity contribution >= 4 is 33.3 Å². The quantitative estimate of drug-likeness (QED) is 0.364. The Hall–Kier alpha value is -3.97. The Morgan fingerprint density at radius 2 is 1.64 bits per heavy atom. The number of aromatic nitrogens is 3. The lowest BCUT2D eigenvalue weighted by Gasteiger charge is -2.18. The van der Waals surface area contributed by atoms with Gasteiger partial charge < -0.3 is 10.1 Å². The number of methoxy groups -OCH3 is 1. The smallest absolute Gasteiger partial charge is 0.237 e. The zero-order valence-corrected chi connectivity index (χ0v) is 19.0. The van der Waals surface area contributed by atoms with Crippen LogP contribution in [0.3, 0.4) is 0 Å². The van der Waals surface area contributed by atoms with Crippen molar-refractivity contribution in [3.8, 4) is 10.9 Å². The molecule has 3 aromatic carbocycles. The van der Waals surface area contributed by atoms with Gasteiger partial charge in [0.1, 0.15) is 11.6 Å². The van der Waals surface area contributed by atoms with Crippen LogP contribution in [0.5, 0.6) is 5.75 Å². The molecule has 0 atom stereocenters. The van der Waals surface area contributed by atoms with E-state index in [-0.39, 0.29) is 5.91 Å². The second-order valence-corrected chi connectivity index (χ2v) is 8.67. The fraction of sp³-hybridized carbons (Fsp3) is 0.115. The van der Waals surface area contributed by atoms with Crippen LogP contribution in [-0.4, -0.2) is 27.8 Å². The predicted octanol–water partition coefficient (Wildman–Crippen LogP) is 5.57. The maximum atomic E-state index is 13.6. The lowest BCUT2D eigenvalue weighted by atomic mass is 9.90. The maximum absolute atomic E-state index is 13.6. The Morgan fingerprint density at radius 1 is 0.970 bits per heavy atom. The summed E-state index contributed by atoms with van der Waals surface area (Å²) >= 11 is 1.49. The molecule has 5 aromatic rings. The van der Waals surface area contributed by atoms with Crippen LogP contribution in [0.15, 0.2) is 84.9 Å². The molecule has 0 aliphatic carbocycles. The first kappa shape index (κ1) is 20.9. The summed E-state index contributed by atoms with van der Waals surface area (Å²) in [6.45, 7) is 1.90. The summed E-state index contributed by atoms with van der Waals surface area (Å²) in [5, 5.41) is 8.37. The number of ether oxygens (including phenoxy) is 1. The number of rotatable bonds is 6. The number of hydrogen-bond donors (Lipinski definition) is 1. The standard InChI is InChI=1S/C26H22N4O2S/c1-17-15-23(30(29-17)26-27-21-14-13-20(32-2)16-22(21)33-26)28-25(31)24(18-9-5-3-6-10-18)19-11-7-4-8-12-19/h3-16,24H,1-2H3,(H,28,31). The molecule has 164 valence electrons. The van der Waals surface area contributed by atoms with Crippen molar-refractivity contribution in [1.82, 2.24) is 14.8 Å². The van der Waals surface area contributed by atoms with Crippen LogP contribution in [0, 0.1) is 6.92 Å². The number of anilines is 1. The fourth-order valence-electron chi connectivity index (χ4n) is 3.83. The summed E-state index contributed by atoms with van der Waals surface area (Å²) in [5.74, 6) is 0.781. The third-order valence-electron chi connectivity index (χ3n) is 5.38. The van der Waals surface area contributed by atoms with Gasteiger partial charge in [0.25, 0.3) is 0 Å². The molecule has 2 heterocycles. The van der Waals surface area contributed by atoms with E-state index in [9.17, 15) is 4.79 Å². The molecule has 1 amide bonds. The normalized spacial score (nSPS) is 11.1. The molecule has 5 rings (SSSR count). The van der Waals surface area contributed by atoms with Crippen molar-refractivity contribution in [2.24, 2.45) is 0 Å². The highest BCUT2D eigenvalue weighted by atomic mass is 32.1. The van der Waals surface area contributed by atoms with Crippen LogP contribution >= 0.6 is 11.3 Å². The largest absolute Gasteiger partial charge is 0.497 e. The number of benzene rings is 3. The number of carbonyl (C=O) groups is 1. The Kier molecular flexibility index (Phi) is 5.62. The van der Waals surface area contributed by atoms with Crippen LogP contribution in [0.1, 0.15) is 22.7 Å². The van der Waals surface area contributed by atoms with Gasteiger partial charge in [-0.15, -0.1) is 0 Å². The number of hydrogen-bond acceptors (Lipinski definition) is 5. The van der Waals surface area contributed by atoms with Gasteiger partial charge in [-0.1, -0.05) is 72.0 Å². The van der Waals surface area contributed by atoms with Gasteiger partial charge in [-0.2, -0.15) is 9.78 Å². The second-order valence-electron chi connectivity index (χ2n) is 7.66. The molecule has 0 aliphatic rings. The van der Waals surface area contributed by atoms with Crippen LogP contribution in [0.25, 0.3) is 15.3 Å². The Labute approximate surface area is 195 Å². The molecular formula is C26H22N4O2S. The molecule has 0 unspecified atom stereocenters. The first-order chi connectivity index (χ1) is 16.1. The van der Waals surface area contributed by atoms with E-state index in [1.807, 2.05) is 91.9 Å². The number of amides is 1. The van der Waals surface area contributed by atoms with Gasteiger partial charge in [0.2, 0.25) is 11.0 Å². The average Bonchev–Trinajstić information content (AvgIpc) is 3.42. The molecule has 0 bridgehead atoms. The number of aryl methyl sites for hydroxylation is 1. The molecule has 1 N–H and O–H groups in total. The Balaban J connectivity index is 1.51. The number of fused-ring (bicyclic) bond motifs is 1. The van der Waals surface area contributed by atoms with Crippen LogP contribution in [0.4, 0.5) is 5.82 Å². The van der Waals surface area contributed by atoms with Gasteiger partial charge in [-0.05, 0) is 36.2 Å². The van der Waals surface area contributed by atoms with E-state index in [2.05, 4.69) is 10.4 Å². The molecule has 0 radical (unpaired) electrons. The van der Waals surface area contributed by atoms with E-state index in [0.717, 1.165) is 32.8 Å². The van der Waals surface area contributed by atoms with E-state index >= 15 is 0 Å². The number of nitrogens with zero attached hydrogens (tertiary/aromatic N) is 3. The predicted molar refractivity (Wildman–Crippen MR) is 131 cm³/mol. The minimum absolute atomic E-state index is 0.128. The van der Waals surface area contributed by atoms with Crippen LogP contribution in [0.2, 0.25) is 0 Å². The fourth-order valence-corrected chi connectivity index (χ4v) is 4.79. The third-order valence-corrected chi connectivity index (χ3v) is 6.37. The van der Waals surface area contributed by atoms with E-state index < -0.39 is 5.92 Å². The monoisotopic (exact) mass is 454 g/mol. The minimum atomic E-state index is -0.448. The summed E-state index contributed by atoms with van der Waals surface area (Å²) in [6, 6.07) is 27.2. The molecular weight excluding hydrogens is 432 g/mol. The molecule has 2 aromatic heterocycles. The zero-order chi connectivity index (χ0) is 22.8. The Bertz CT molecular complexity index is 1370. The highest BCUT2D eigenvalue weighted by molar-refractivity contribution is 7.20. The summed E-state index contributed by atoms with van der Waals surface area (Å²) < 4.78 is 8.01. The minimum Gasteiger partial charge on any atom is -0.497 e. The molecule has 0 fully saturated rings. The van der Waals surface area contributed by atoms with E-state index in [0.29, 0.717) is 10.9 Å². The lowest BCUT2D eigenvalue weighted by Crippen LogP contribution is -2.23. The van der Waals surface area contributed by atoms with Crippen molar-refractivity contribution in [3.05, 3.63) is 102 Å². The first-order valence-electron chi connectivity index (χ1n) is 10.5. The van der Waals surface area contributed by atoms with E-state index in [1.165, 1.54) is 11.3 Å². The van der Waals surface area contributed by atoms with Gasteiger partial charge in [0.15, 0.2) is 0 Å². The van der Waals surface area contributed by atoms with E-state index in [4.69, 9.17) is 9.72 Å². The van der Waals surface area contributed by atoms with Crippen LogP contribution < -0.4 is 10.1 Å². The molecule has 0 saturated carbocycles. The number of nitrogens with one attached hydrogen (secondary N) is 1. The SMILES string of the molecule is COc1ccc2nc(-n3nc(C)cc3NC(=O)C(c3ccccc3)c3ccccc3)sc2c1. The molecule has 0 saturated heterocycles. The van der Waals surface area contributed by atoms with Crippen LogP contribution in [-0.2, 0) is 4.79 Å². The average molecular weight is 455 g/mol. The summed E-state index contributed by atoms with van der Waals surface area (Å²) in [7, 11) is 1.64. The second kappa shape index (κ2) is 8.88. The van der Waals surface area contributed by atoms with Crippen molar-refractivity contribution in [3.63, 3.8) is 0 Å². The topological polar surface area (TPSA) is 69.0 Å². The van der Waals surface area contributed by atoms with Gasteiger partial charge in [0, 0.05) is 6.07 Å².